The molecule has 2 aliphatic heterocycles. The van der Waals surface area contributed by atoms with Crippen molar-refractivity contribution in [3.05, 3.63) is 71.8 Å². The van der Waals surface area contributed by atoms with E-state index in [4.69, 9.17) is 40.1 Å². The number of nitrogens with two attached hydrogens (primary N) is 7. The molecular formula is C63H98N18O13S. The molecule has 524 valence electrons. The van der Waals surface area contributed by atoms with Gasteiger partial charge in [-0.05, 0) is 119 Å². The van der Waals surface area contributed by atoms with Crippen LogP contribution in [0.15, 0.2) is 65.7 Å². The van der Waals surface area contributed by atoms with Gasteiger partial charge in [0.15, 0.2) is 5.96 Å². The first-order chi connectivity index (χ1) is 45.2. The minimum absolute atomic E-state index is 0.0736. The van der Waals surface area contributed by atoms with E-state index in [1.54, 1.807) is 60.7 Å². The third-order valence-electron chi connectivity index (χ3n) is 16.0. The van der Waals surface area contributed by atoms with Gasteiger partial charge < -0.3 is 92.5 Å². The van der Waals surface area contributed by atoms with Gasteiger partial charge in [0.05, 0.1) is 12.6 Å². The molecular weight excluding hydrogens is 1250 g/mol. The van der Waals surface area contributed by atoms with Crippen LogP contribution in [0.5, 0.6) is 0 Å². The number of thioether (sulfide) groups is 1. The van der Waals surface area contributed by atoms with Crippen LogP contribution >= 0.6 is 11.8 Å². The summed E-state index contributed by atoms with van der Waals surface area (Å²) < 4.78 is 0. The lowest BCUT2D eigenvalue weighted by atomic mass is 10.0. The van der Waals surface area contributed by atoms with Crippen LogP contribution in [0.4, 0.5) is 0 Å². The highest BCUT2D eigenvalue weighted by Crippen LogP contribution is 2.24. The van der Waals surface area contributed by atoms with Crippen LogP contribution < -0.4 is 82.7 Å². The average Bonchev–Trinajstić information content (AvgIpc) is 1.74. The van der Waals surface area contributed by atoms with E-state index < -0.39 is 169 Å². The Morgan fingerprint density at radius 1 is 0.537 bits per heavy atom. The Morgan fingerprint density at radius 2 is 1.01 bits per heavy atom. The largest absolute Gasteiger partial charge is 0.370 e. The Bertz CT molecular complexity index is 2960. The van der Waals surface area contributed by atoms with Crippen molar-refractivity contribution in [2.45, 2.75) is 183 Å². The molecule has 22 N–H and O–H groups in total. The van der Waals surface area contributed by atoms with Gasteiger partial charge in [-0.1, -0.05) is 74.5 Å². The second-order valence-corrected chi connectivity index (χ2v) is 25.1. The Morgan fingerprint density at radius 3 is 1.51 bits per heavy atom. The molecule has 0 saturated carbocycles. The number of hydrogen-bond acceptors (Lipinski definition) is 17. The van der Waals surface area contributed by atoms with Gasteiger partial charge in [-0.25, -0.2) is 0 Å². The minimum Gasteiger partial charge on any atom is -0.370 e. The summed E-state index contributed by atoms with van der Waals surface area (Å²) in [5.41, 5.74) is 40.6. The standard InChI is InChI=1S/C63H98N18O13S/c1-37(2)33-45(57(89)74-41(53(68)85)27-32-95-3)73-52(84)36-72-54(86)46(34-38-15-6-4-7-16-38)78-58(90)47(35-39-17-8-5-9-18-39)79-56(88)42(23-25-50(66)82)75-55(87)43(24-26-51(67)83)76-59(91)49-22-14-31-81(49)62(94)44(20-10-11-28-64)77-60(92)48-21-13-30-80(48)61(93)40(65)19-12-29-71-63(69)70/h4-9,15-18,37,40-49H,10-14,19-36,64-65H2,1-3H3,(H2,66,82)(H2,67,83)(H2,68,85)(H,72,86)(H,73,84)(H,74,89)(H,75,87)(H,76,91)(H,77,92)(H,78,90)(H,79,88)(H4,69,70,71)/t40-,41-,42+,43-,44+,45+,46-,47+,48+,49+/m0/s1. The van der Waals surface area contributed by atoms with Crippen LogP contribution in [0.2, 0.25) is 0 Å². The van der Waals surface area contributed by atoms with Crippen LogP contribution in [-0.2, 0) is 75.2 Å². The lowest BCUT2D eigenvalue weighted by Crippen LogP contribution is -2.60. The molecule has 2 aromatic carbocycles. The molecule has 95 heavy (non-hydrogen) atoms. The first-order valence-corrected chi connectivity index (χ1v) is 33.6. The zero-order chi connectivity index (χ0) is 70.1. The first kappa shape index (κ1) is 78.5. The lowest BCUT2D eigenvalue weighted by Gasteiger charge is -2.32. The van der Waals surface area contributed by atoms with Crippen molar-refractivity contribution in [3.63, 3.8) is 0 Å². The van der Waals surface area contributed by atoms with E-state index in [-0.39, 0.29) is 83.0 Å². The van der Waals surface area contributed by atoms with E-state index in [9.17, 15) is 62.3 Å². The number of guanidine groups is 1. The topological polar surface area (TPSA) is 519 Å². The number of hydrogen-bond donors (Lipinski definition) is 15. The average molecular weight is 1350 g/mol. The second-order valence-electron chi connectivity index (χ2n) is 24.1. The van der Waals surface area contributed by atoms with Gasteiger partial charge in [-0.15, -0.1) is 0 Å². The summed E-state index contributed by atoms with van der Waals surface area (Å²) in [5.74, 6) is -9.80. The number of unbranched alkanes of at least 4 members (excludes halogenated alkanes) is 1. The number of carbonyl (C=O) groups is 13. The summed E-state index contributed by atoms with van der Waals surface area (Å²) >= 11 is 1.45. The van der Waals surface area contributed by atoms with Gasteiger partial charge in [0.2, 0.25) is 76.8 Å². The first-order valence-electron chi connectivity index (χ1n) is 32.2. The van der Waals surface area contributed by atoms with Crippen LogP contribution in [0.1, 0.15) is 121 Å². The molecule has 0 bridgehead atoms. The highest BCUT2D eigenvalue weighted by Gasteiger charge is 2.42. The number of benzene rings is 2. The molecule has 2 saturated heterocycles. The van der Waals surface area contributed by atoms with Crippen LogP contribution in [0, 0.1) is 5.92 Å². The molecule has 2 aliphatic rings. The Balaban J connectivity index is 1.56. The quantitative estimate of drug-likeness (QED) is 0.0173. The summed E-state index contributed by atoms with van der Waals surface area (Å²) in [6.07, 6.45) is 3.12. The van der Waals surface area contributed by atoms with Crippen molar-refractivity contribution in [3.8, 4) is 0 Å². The van der Waals surface area contributed by atoms with Crippen LogP contribution in [-0.4, -0.2) is 198 Å². The van der Waals surface area contributed by atoms with Gasteiger partial charge in [-0.2, -0.15) is 11.8 Å². The van der Waals surface area contributed by atoms with E-state index in [0.29, 0.717) is 55.4 Å². The van der Waals surface area contributed by atoms with Crippen molar-refractivity contribution < 1.29 is 62.3 Å². The molecule has 31 nitrogen and oxygen atoms in total. The maximum Gasteiger partial charge on any atom is 0.245 e. The number of nitrogens with zero attached hydrogens (tertiary/aromatic N) is 3. The molecule has 2 aromatic rings. The fourth-order valence-electron chi connectivity index (χ4n) is 11.0. The van der Waals surface area contributed by atoms with E-state index >= 15 is 0 Å². The molecule has 10 atom stereocenters. The number of likely N-dealkylation sites (tertiary alicyclic amines) is 2. The zero-order valence-corrected chi connectivity index (χ0v) is 55.3. The summed E-state index contributed by atoms with van der Waals surface area (Å²) in [6, 6.07) is 4.51. The molecule has 0 radical (unpaired) electrons. The van der Waals surface area contributed by atoms with E-state index in [1.807, 2.05) is 20.1 Å². The van der Waals surface area contributed by atoms with Crippen molar-refractivity contribution >= 4 is 94.5 Å². The van der Waals surface area contributed by atoms with E-state index in [0.717, 1.165) is 0 Å². The number of carbonyl (C=O) groups excluding carboxylic acids is 13. The van der Waals surface area contributed by atoms with Crippen molar-refractivity contribution in [2.24, 2.45) is 51.0 Å². The van der Waals surface area contributed by atoms with Crippen LogP contribution in [0.25, 0.3) is 0 Å². The minimum atomic E-state index is -1.64. The van der Waals surface area contributed by atoms with Gasteiger partial charge in [-0.3, -0.25) is 67.3 Å². The molecule has 0 unspecified atom stereocenters. The van der Waals surface area contributed by atoms with E-state index in [2.05, 4.69) is 47.5 Å². The summed E-state index contributed by atoms with van der Waals surface area (Å²) in [6.45, 7) is 3.86. The third-order valence-corrected chi connectivity index (χ3v) is 16.7. The SMILES string of the molecule is CSCC[C@H](NC(=O)[C@@H](CC(C)C)NC(=O)CNC(=O)[C@H](Cc1ccccc1)NC(=O)[C@@H](Cc1ccccc1)NC(=O)[C@@H](CCC(N)=O)NC(=O)[C@H](CCC(N)=O)NC(=O)[C@H]1CCCN1C(=O)[C@@H](CCCCN)NC(=O)[C@H]1CCCN1C(=O)[C@@H](N)CCCN=C(N)N)C(N)=O. The van der Waals surface area contributed by atoms with Crippen molar-refractivity contribution in [1.82, 2.24) is 52.3 Å². The maximum absolute atomic E-state index is 14.7. The molecule has 32 heteroatoms. The van der Waals surface area contributed by atoms with Gasteiger partial charge in [0.25, 0.3) is 0 Å². The molecule has 0 aromatic heterocycles. The summed E-state index contributed by atoms with van der Waals surface area (Å²) in [5, 5.41) is 21.1. The number of nitrogens with one attached hydrogen (secondary N) is 8. The third kappa shape index (κ3) is 27.5. The Hall–Kier alpha value is -8.91. The predicted octanol–water partition coefficient (Wildman–Crippen LogP) is -3.71. The number of aliphatic imine (C=N–C) groups is 1. The zero-order valence-electron chi connectivity index (χ0n) is 54.5. The molecule has 4 rings (SSSR count). The maximum atomic E-state index is 14.7. The smallest absolute Gasteiger partial charge is 0.245 e. The lowest BCUT2D eigenvalue weighted by molar-refractivity contribution is -0.144. The number of amides is 13. The fraction of sp³-hybridized carbons (Fsp3) is 0.587. The van der Waals surface area contributed by atoms with Gasteiger partial charge in [0.1, 0.15) is 54.4 Å². The van der Waals surface area contributed by atoms with Crippen molar-refractivity contribution in [1.29, 1.82) is 0 Å². The normalized spacial score (nSPS) is 16.8. The fourth-order valence-corrected chi connectivity index (χ4v) is 11.5. The monoisotopic (exact) mass is 1350 g/mol. The predicted molar refractivity (Wildman–Crippen MR) is 356 cm³/mol. The second kappa shape index (κ2) is 41.0. The molecule has 0 aliphatic carbocycles. The highest BCUT2D eigenvalue weighted by atomic mass is 32.2. The van der Waals surface area contributed by atoms with Gasteiger partial charge in [0, 0.05) is 45.3 Å². The van der Waals surface area contributed by atoms with Crippen molar-refractivity contribution in [2.75, 3.05) is 44.7 Å². The number of primary amides is 3. The summed E-state index contributed by atoms with van der Waals surface area (Å²) in [4.78, 5) is 185. The molecule has 0 spiro atoms. The summed E-state index contributed by atoms with van der Waals surface area (Å²) in [7, 11) is 0. The Labute approximate surface area is 558 Å². The molecule has 2 fully saturated rings. The number of rotatable bonds is 42. The highest BCUT2D eigenvalue weighted by molar-refractivity contribution is 7.98. The molecule has 2 heterocycles. The molecule has 13 amide bonds. The van der Waals surface area contributed by atoms with Gasteiger partial charge >= 0.3 is 0 Å². The Kier molecular flexibility index (Phi) is 33.9. The van der Waals surface area contributed by atoms with E-state index in [1.165, 1.54) is 21.6 Å². The van der Waals surface area contributed by atoms with Crippen LogP contribution in [0.3, 0.4) is 0 Å².